The van der Waals surface area contributed by atoms with Crippen LogP contribution in [0.15, 0.2) is 0 Å². The minimum absolute atomic E-state index is 0.0194. The molecule has 0 aromatic carbocycles. The molecule has 0 bridgehead atoms. The molecule has 2 nitrogen and oxygen atoms in total. The first-order chi connectivity index (χ1) is 4.83. The minimum atomic E-state index is -0.0194. The zero-order valence-corrected chi connectivity index (χ0v) is 6.38. The summed E-state index contributed by atoms with van der Waals surface area (Å²) in [7, 11) is 0. The van der Waals surface area contributed by atoms with Crippen LogP contribution in [0.1, 0.15) is 19.8 Å². The van der Waals surface area contributed by atoms with E-state index in [1.165, 1.54) is 0 Å². The zero-order chi connectivity index (χ0) is 7.40. The van der Waals surface area contributed by atoms with Gasteiger partial charge in [0.2, 0.25) is 0 Å². The lowest BCUT2D eigenvalue weighted by atomic mass is 10.1. The summed E-state index contributed by atoms with van der Waals surface area (Å²) in [5, 5.41) is 0. The van der Waals surface area contributed by atoms with Gasteiger partial charge in [-0.2, -0.15) is 0 Å². The Morgan fingerprint density at radius 3 is 2.50 bits per heavy atom. The average Bonchev–Trinajstić information content (AvgIpc) is 1.95. The Balaban J connectivity index is 2.13. The lowest BCUT2D eigenvalue weighted by Crippen LogP contribution is -2.29. The highest BCUT2D eigenvalue weighted by atomic mass is 16.7. The Labute approximate surface area is 62.5 Å². The van der Waals surface area contributed by atoms with Crippen LogP contribution in [0.5, 0.6) is 0 Å². The normalized spacial score (nSPS) is 34.2. The first-order valence-electron chi connectivity index (χ1n) is 3.76. The fraction of sp³-hybridized carbons (Fsp3) is 0.875. The summed E-state index contributed by atoms with van der Waals surface area (Å²) in [6, 6.07) is 0. The second kappa shape index (κ2) is 3.94. The van der Waals surface area contributed by atoms with E-state index in [1.807, 2.05) is 6.92 Å². The molecule has 1 saturated heterocycles. The van der Waals surface area contributed by atoms with Crippen LogP contribution in [0.2, 0.25) is 0 Å². The van der Waals surface area contributed by atoms with Gasteiger partial charge in [-0.05, 0) is 26.7 Å². The van der Waals surface area contributed by atoms with Crippen molar-refractivity contribution in [3.63, 3.8) is 0 Å². The van der Waals surface area contributed by atoms with E-state index in [1.54, 1.807) is 0 Å². The van der Waals surface area contributed by atoms with Gasteiger partial charge < -0.3 is 9.47 Å². The first kappa shape index (κ1) is 8.02. The number of rotatable bonds is 2. The standard InChI is InChI=1S/C8H14O2/c1-3-4-8-5-9-7(2)10-6-8/h1,7-8H,3-6H2,2H3. The summed E-state index contributed by atoms with van der Waals surface area (Å²) in [6.45, 7) is 8.91. The summed E-state index contributed by atoms with van der Waals surface area (Å²) >= 11 is 0. The summed E-state index contributed by atoms with van der Waals surface area (Å²) < 4.78 is 10.5. The van der Waals surface area contributed by atoms with E-state index >= 15 is 0 Å². The molecule has 2 heteroatoms. The van der Waals surface area contributed by atoms with Crippen molar-refractivity contribution >= 4 is 0 Å². The third-order valence-electron chi connectivity index (χ3n) is 1.71. The molecule has 0 atom stereocenters. The predicted octanol–water partition coefficient (Wildman–Crippen LogP) is 1.49. The van der Waals surface area contributed by atoms with Crippen molar-refractivity contribution in [3.8, 4) is 0 Å². The fourth-order valence-electron chi connectivity index (χ4n) is 1.04. The van der Waals surface area contributed by atoms with Gasteiger partial charge in [0.05, 0.1) is 13.2 Å². The molecule has 0 saturated carbocycles. The van der Waals surface area contributed by atoms with Crippen molar-refractivity contribution in [2.75, 3.05) is 13.2 Å². The van der Waals surface area contributed by atoms with Gasteiger partial charge in [0.1, 0.15) is 0 Å². The quantitative estimate of drug-likeness (QED) is 0.581. The van der Waals surface area contributed by atoms with Gasteiger partial charge in [0.15, 0.2) is 6.29 Å². The molecule has 0 aliphatic carbocycles. The molecule has 0 unspecified atom stereocenters. The van der Waals surface area contributed by atoms with E-state index in [4.69, 9.17) is 16.4 Å². The van der Waals surface area contributed by atoms with Crippen LogP contribution < -0.4 is 0 Å². The molecule has 58 valence electrons. The largest absolute Gasteiger partial charge is 0.353 e. The highest BCUT2D eigenvalue weighted by Crippen LogP contribution is 2.14. The fourth-order valence-corrected chi connectivity index (χ4v) is 1.04. The number of hydrogen-bond acceptors (Lipinski definition) is 2. The highest BCUT2D eigenvalue weighted by Gasteiger charge is 2.17. The molecule has 1 aliphatic heterocycles. The molecule has 0 aromatic heterocycles. The zero-order valence-electron chi connectivity index (χ0n) is 6.38. The van der Waals surface area contributed by atoms with E-state index in [-0.39, 0.29) is 6.29 Å². The van der Waals surface area contributed by atoms with E-state index < -0.39 is 0 Å². The number of hydrogen-bond donors (Lipinski definition) is 0. The van der Waals surface area contributed by atoms with Crippen LogP contribution in [0.3, 0.4) is 0 Å². The Hall–Kier alpha value is -0.0800. The van der Waals surface area contributed by atoms with Gasteiger partial charge in [-0.1, -0.05) is 0 Å². The molecule has 10 heavy (non-hydrogen) atoms. The molecule has 0 aromatic rings. The van der Waals surface area contributed by atoms with Crippen LogP contribution in [-0.4, -0.2) is 19.5 Å². The van der Waals surface area contributed by atoms with Crippen molar-refractivity contribution in [1.82, 2.24) is 0 Å². The monoisotopic (exact) mass is 142 g/mol. The summed E-state index contributed by atoms with van der Waals surface area (Å²) in [6.07, 6.45) is 1.72. The second-order valence-electron chi connectivity index (χ2n) is 2.68. The summed E-state index contributed by atoms with van der Waals surface area (Å²) in [4.78, 5) is 0. The molecule has 2 radical (unpaired) electrons. The van der Waals surface area contributed by atoms with Gasteiger partial charge in [0, 0.05) is 5.92 Å². The Bertz CT molecular complexity index is 85.3. The maximum Gasteiger partial charge on any atom is 0.154 e. The van der Waals surface area contributed by atoms with Gasteiger partial charge in [-0.25, -0.2) is 0 Å². The lowest BCUT2D eigenvalue weighted by Gasteiger charge is -2.26. The van der Waals surface area contributed by atoms with Crippen LogP contribution in [0.4, 0.5) is 0 Å². The third-order valence-corrected chi connectivity index (χ3v) is 1.71. The van der Waals surface area contributed by atoms with Gasteiger partial charge in [0.25, 0.3) is 0 Å². The van der Waals surface area contributed by atoms with E-state index in [2.05, 4.69) is 0 Å². The van der Waals surface area contributed by atoms with E-state index in [0.717, 1.165) is 26.1 Å². The minimum Gasteiger partial charge on any atom is -0.353 e. The summed E-state index contributed by atoms with van der Waals surface area (Å²) in [5.41, 5.74) is 0. The molecule has 1 fully saturated rings. The third kappa shape index (κ3) is 2.27. The summed E-state index contributed by atoms with van der Waals surface area (Å²) in [5.74, 6) is 0.515. The van der Waals surface area contributed by atoms with Gasteiger partial charge in [-0.3, -0.25) is 0 Å². The molecular formula is C8H14O2. The molecule has 1 aliphatic rings. The van der Waals surface area contributed by atoms with Crippen LogP contribution >= 0.6 is 0 Å². The van der Waals surface area contributed by atoms with Crippen molar-refractivity contribution in [3.05, 3.63) is 6.92 Å². The highest BCUT2D eigenvalue weighted by molar-refractivity contribution is 4.61. The van der Waals surface area contributed by atoms with Crippen LogP contribution in [0, 0.1) is 12.8 Å². The van der Waals surface area contributed by atoms with Crippen LogP contribution in [-0.2, 0) is 9.47 Å². The molecule has 0 amide bonds. The Morgan fingerprint density at radius 1 is 1.40 bits per heavy atom. The topological polar surface area (TPSA) is 18.5 Å². The van der Waals surface area contributed by atoms with Gasteiger partial charge in [-0.15, -0.1) is 0 Å². The van der Waals surface area contributed by atoms with Crippen LogP contribution in [0.25, 0.3) is 0 Å². The molecule has 1 rings (SSSR count). The Kier molecular flexibility index (Phi) is 3.16. The van der Waals surface area contributed by atoms with Crippen molar-refractivity contribution < 1.29 is 9.47 Å². The van der Waals surface area contributed by atoms with E-state index in [0.29, 0.717) is 5.92 Å². The lowest BCUT2D eigenvalue weighted by molar-refractivity contribution is -0.190. The first-order valence-corrected chi connectivity index (χ1v) is 3.76. The molecule has 0 N–H and O–H groups in total. The molecule has 1 heterocycles. The van der Waals surface area contributed by atoms with Crippen molar-refractivity contribution in [2.45, 2.75) is 26.1 Å². The smallest absolute Gasteiger partial charge is 0.154 e. The predicted molar refractivity (Wildman–Crippen MR) is 38.4 cm³/mol. The average molecular weight is 142 g/mol. The Morgan fingerprint density at radius 2 is 2.00 bits per heavy atom. The van der Waals surface area contributed by atoms with Crippen molar-refractivity contribution in [2.24, 2.45) is 5.92 Å². The van der Waals surface area contributed by atoms with Crippen molar-refractivity contribution in [1.29, 1.82) is 0 Å². The second-order valence-corrected chi connectivity index (χ2v) is 2.68. The maximum absolute atomic E-state index is 5.38. The molecular weight excluding hydrogens is 128 g/mol. The van der Waals surface area contributed by atoms with E-state index in [9.17, 15) is 0 Å². The van der Waals surface area contributed by atoms with Gasteiger partial charge >= 0.3 is 0 Å². The number of ether oxygens (including phenoxy) is 2. The SMILES string of the molecule is [CH]CCC1COC(C)OC1. The molecule has 0 spiro atoms. The maximum atomic E-state index is 5.38.